The number of hydrogen-bond acceptors (Lipinski definition) is 4. The number of halogens is 1. The van der Waals surface area contributed by atoms with Gasteiger partial charge in [0.25, 0.3) is 0 Å². The zero-order chi connectivity index (χ0) is 26.2. The number of benzene rings is 2. The fraction of sp³-hybridized carbons (Fsp3) is 0.484. The molecule has 1 unspecified atom stereocenters. The minimum Gasteiger partial charge on any atom is -0.460 e. The molecule has 3 aliphatic rings. The van der Waals surface area contributed by atoms with Crippen molar-refractivity contribution in [2.75, 3.05) is 11.9 Å². The minimum absolute atomic E-state index is 0.170. The molecule has 1 amide bonds. The molecule has 1 aliphatic heterocycles. The molecule has 1 heterocycles. The maximum atomic E-state index is 14.9. The first-order valence-corrected chi connectivity index (χ1v) is 13.5. The number of amides is 1. The summed E-state index contributed by atoms with van der Waals surface area (Å²) in [4.78, 5) is 28.7. The Morgan fingerprint density at radius 1 is 1.11 bits per heavy atom. The van der Waals surface area contributed by atoms with Crippen LogP contribution >= 0.6 is 0 Å². The molecule has 0 bridgehead atoms. The second kappa shape index (κ2) is 10.1. The van der Waals surface area contributed by atoms with E-state index in [1.54, 1.807) is 12.1 Å². The van der Waals surface area contributed by atoms with E-state index in [1.807, 2.05) is 26.8 Å². The third-order valence-electron chi connectivity index (χ3n) is 7.72. The molecule has 0 saturated heterocycles. The summed E-state index contributed by atoms with van der Waals surface area (Å²) in [5.74, 6) is -0.868. The maximum absolute atomic E-state index is 14.9. The van der Waals surface area contributed by atoms with Crippen LogP contribution in [0.2, 0.25) is 0 Å². The number of anilines is 1. The Bertz CT molecular complexity index is 1230. The summed E-state index contributed by atoms with van der Waals surface area (Å²) in [6.07, 6.45) is 7.96. The van der Waals surface area contributed by atoms with Gasteiger partial charge in [0.15, 0.2) is 0 Å². The van der Waals surface area contributed by atoms with Gasteiger partial charge in [0.05, 0.1) is 11.1 Å². The van der Waals surface area contributed by atoms with E-state index in [0.717, 1.165) is 56.2 Å². The van der Waals surface area contributed by atoms with Gasteiger partial charge in [-0.2, -0.15) is 0 Å². The van der Waals surface area contributed by atoms with Gasteiger partial charge in [0, 0.05) is 13.1 Å². The van der Waals surface area contributed by atoms with Crippen molar-refractivity contribution in [1.29, 1.82) is 0 Å². The van der Waals surface area contributed by atoms with Gasteiger partial charge in [-0.25, -0.2) is 4.39 Å². The lowest BCUT2D eigenvalue weighted by molar-refractivity contribution is -0.161. The Hall–Kier alpha value is -2.99. The van der Waals surface area contributed by atoms with E-state index in [9.17, 15) is 14.0 Å². The molecule has 5 rings (SSSR count). The van der Waals surface area contributed by atoms with Gasteiger partial charge in [-0.1, -0.05) is 36.4 Å². The molecule has 2 aromatic rings. The SMILES string of the molecule is CC(C)(C)OC(=O)C1(Cc2ccc(F)c(NC(=O)C(C3=CCCC3)N3CCc4ccccc4C3)c2)CC1. The number of ether oxygens (including phenoxy) is 1. The number of nitrogens with one attached hydrogen (secondary N) is 1. The van der Waals surface area contributed by atoms with Crippen LogP contribution in [0.25, 0.3) is 0 Å². The summed E-state index contributed by atoms with van der Waals surface area (Å²) in [7, 11) is 0. The average molecular weight is 505 g/mol. The van der Waals surface area contributed by atoms with Crippen LogP contribution in [-0.2, 0) is 33.7 Å². The molecule has 0 aromatic heterocycles. The predicted molar refractivity (Wildman–Crippen MR) is 143 cm³/mol. The first kappa shape index (κ1) is 25.7. The molecule has 1 atom stereocenters. The molecular weight excluding hydrogens is 467 g/mol. The normalized spacial score (nSPS) is 19.5. The molecule has 0 radical (unpaired) electrons. The van der Waals surface area contributed by atoms with E-state index in [1.165, 1.54) is 17.2 Å². The quantitative estimate of drug-likeness (QED) is 0.373. The van der Waals surface area contributed by atoms with Crippen molar-refractivity contribution in [2.45, 2.75) is 83.9 Å². The summed E-state index contributed by atoms with van der Waals surface area (Å²) in [5, 5.41) is 2.91. The van der Waals surface area contributed by atoms with Crippen LogP contribution in [0.5, 0.6) is 0 Å². The number of allylic oxidation sites excluding steroid dienone is 1. The number of carbonyl (C=O) groups excluding carboxylic acids is 2. The third-order valence-corrected chi connectivity index (χ3v) is 7.72. The lowest BCUT2D eigenvalue weighted by atomic mass is 9.95. The highest BCUT2D eigenvalue weighted by molar-refractivity contribution is 5.97. The van der Waals surface area contributed by atoms with E-state index in [4.69, 9.17) is 4.74 Å². The summed E-state index contributed by atoms with van der Waals surface area (Å²) < 4.78 is 20.5. The van der Waals surface area contributed by atoms with E-state index >= 15 is 0 Å². The lowest BCUT2D eigenvalue weighted by Gasteiger charge is -2.35. The topological polar surface area (TPSA) is 58.6 Å². The van der Waals surface area contributed by atoms with E-state index < -0.39 is 22.9 Å². The van der Waals surface area contributed by atoms with Gasteiger partial charge < -0.3 is 10.1 Å². The molecule has 1 N–H and O–H groups in total. The molecule has 37 heavy (non-hydrogen) atoms. The number of rotatable bonds is 7. The number of hydrogen-bond donors (Lipinski definition) is 1. The van der Waals surface area contributed by atoms with Crippen LogP contribution in [0, 0.1) is 11.2 Å². The lowest BCUT2D eigenvalue weighted by Crippen LogP contribution is -2.47. The highest BCUT2D eigenvalue weighted by atomic mass is 19.1. The molecule has 2 aromatic carbocycles. The predicted octanol–water partition coefficient (Wildman–Crippen LogP) is 5.97. The zero-order valence-electron chi connectivity index (χ0n) is 22.1. The van der Waals surface area contributed by atoms with Gasteiger partial charge in [0.1, 0.15) is 17.5 Å². The highest BCUT2D eigenvalue weighted by Crippen LogP contribution is 2.50. The fourth-order valence-corrected chi connectivity index (χ4v) is 5.61. The van der Waals surface area contributed by atoms with Gasteiger partial charge in [-0.05, 0) is 100 Å². The van der Waals surface area contributed by atoms with Gasteiger partial charge in [-0.15, -0.1) is 0 Å². The smallest absolute Gasteiger partial charge is 0.312 e. The van der Waals surface area contributed by atoms with Crippen LogP contribution in [0.4, 0.5) is 10.1 Å². The Balaban J connectivity index is 1.34. The van der Waals surface area contributed by atoms with Crippen molar-refractivity contribution in [3.05, 3.63) is 76.6 Å². The molecule has 196 valence electrons. The van der Waals surface area contributed by atoms with E-state index in [2.05, 4.69) is 34.5 Å². The molecular formula is C31H37FN2O3. The highest BCUT2D eigenvalue weighted by Gasteiger charge is 2.52. The Morgan fingerprint density at radius 2 is 1.86 bits per heavy atom. The molecule has 1 fully saturated rings. The monoisotopic (exact) mass is 504 g/mol. The number of nitrogens with zero attached hydrogens (tertiary/aromatic N) is 1. The van der Waals surface area contributed by atoms with Crippen LogP contribution < -0.4 is 5.32 Å². The minimum atomic E-state index is -0.551. The summed E-state index contributed by atoms with van der Waals surface area (Å²) >= 11 is 0. The fourth-order valence-electron chi connectivity index (χ4n) is 5.61. The average Bonchev–Trinajstić information content (AvgIpc) is 3.44. The van der Waals surface area contributed by atoms with Crippen molar-refractivity contribution in [3.63, 3.8) is 0 Å². The van der Waals surface area contributed by atoms with Crippen LogP contribution in [0.3, 0.4) is 0 Å². The van der Waals surface area contributed by atoms with Gasteiger partial charge >= 0.3 is 5.97 Å². The first-order valence-electron chi connectivity index (χ1n) is 13.5. The standard InChI is InChI=1S/C31H37FN2O3/c1-30(2,3)37-29(36)31(15-16-31)19-21-12-13-25(32)26(18-21)33-28(35)27(23-9-5-6-10-23)34-17-14-22-8-4-7-11-24(22)20-34/h4,7-9,11-13,18,27H,5-6,10,14-17,19-20H2,1-3H3,(H,33,35). The summed E-state index contributed by atoms with van der Waals surface area (Å²) in [6.45, 7) is 7.08. The molecule has 6 heteroatoms. The van der Waals surface area contributed by atoms with Gasteiger partial charge in [-0.3, -0.25) is 14.5 Å². The first-order chi connectivity index (χ1) is 17.6. The number of carbonyl (C=O) groups is 2. The Morgan fingerprint density at radius 3 is 2.54 bits per heavy atom. The van der Waals surface area contributed by atoms with Crippen molar-refractivity contribution in [2.24, 2.45) is 5.41 Å². The van der Waals surface area contributed by atoms with E-state index in [0.29, 0.717) is 13.0 Å². The van der Waals surface area contributed by atoms with E-state index in [-0.39, 0.29) is 17.6 Å². The zero-order valence-corrected chi connectivity index (χ0v) is 22.1. The molecule has 2 aliphatic carbocycles. The largest absolute Gasteiger partial charge is 0.460 e. The summed E-state index contributed by atoms with van der Waals surface area (Å²) in [5.41, 5.74) is 3.59. The molecule has 1 saturated carbocycles. The third kappa shape index (κ3) is 5.80. The molecule has 0 spiro atoms. The van der Waals surface area contributed by atoms with Gasteiger partial charge in [0.2, 0.25) is 5.91 Å². The van der Waals surface area contributed by atoms with Crippen molar-refractivity contribution >= 4 is 17.6 Å². The van der Waals surface area contributed by atoms with Crippen LogP contribution in [0.1, 0.15) is 69.6 Å². The molecule has 5 nitrogen and oxygen atoms in total. The van der Waals surface area contributed by atoms with Crippen LogP contribution in [-0.4, -0.2) is 35.0 Å². The Kier molecular flexibility index (Phi) is 6.97. The second-order valence-electron chi connectivity index (χ2n) is 11.8. The van der Waals surface area contributed by atoms with Crippen LogP contribution in [0.15, 0.2) is 54.1 Å². The number of esters is 1. The van der Waals surface area contributed by atoms with Crippen molar-refractivity contribution in [1.82, 2.24) is 4.90 Å². The van der Waals surface area contributed by atoms with Crippen molar-refractivity contribution in [3.8, 4) is 0 Å². The Labute approximate surface area is 219 Å². The number of fused-ring (bicyclic) bond motifs is 1. The van der Waals surface area contributed by atoms with Crippen molar-refractivity contribution < 1.29 is 18.7 Å². The maximum Gasteiger partial charge on any atom is 0.312 e. The second-order valence-corrected chi connectivity index (χ2v) is 11.8. The summed E-state index contributed by atoms with van der Waals surface area (Å²) in [6, 6.07) is 12.7.